The predicted molar refractivity (Wildman–Crippen MR) is 92.1 cm³/mol. The first-order valence-corrected chi connectivity index (χ1v) is 7.95. The van der Waals surface area contributed by atoms with Crippen molar-refractivity contribution in [1.29, 1.82) is 0 Å². The quantitative estimate of drug-likeness (QED) is 0.734. The lowest BCUT2D eigenvalue weighted by Crippen LogP contribution is -2.37. The van der Waals surface area contributed by atoms with E-state index in [-0.39, 0.29) is 18.7 Å². The summed E-state index contributed by atoms with van der Waals surface area (Å²) in [4.78, 5) is 12.1. The Morgan fingerprint density at radius 1 is 1.09 bits per heavy atom. The van der Waals surface area contributed by atoms with Crippen LogP contribution in [0.1, 0.15) is 35.6 Å². The number of carbonyl (C=O) groups excluding carboxylic acids is 1. The Morgan fingerprint density at radius 2 is 1.78 bits per heavy atom. The molecule has 0 bridgehead atoms. The van der Waals surface area contributed by atoms with E-state index in [1.807, 2.05) is 61.5 Å². The van der Waals surface area contributed by atoms with Crippen molar-refractivity contribution in [3.8, 4) is 0 Å². The van der Waals surface area contributed by atoms with Crippen LogP contribution >= 0.6 is 0 Å². The lowest BCUT2D eigenvalue weighted by molar-refractivity contribution is 0.232. The summed E-state index contributed by atoms with van der Waals surface area (Å²) < 4.78 is 0. The average molecular weight is 312 g/mol. The SMILES string of the molecule is Cc1ccc(CNC(=O)NC(CCCO)c2ccccc2)cc1. The minimum Gasteiger partial charge on any atom is -0.396 e. The van der Waals surface area contributed by atoms with Crippen molar-refractivity contribution in [2.75, 3.05) is 6.61 Å². The molecule has 2 rings (SSSR count). The molecular formula is C19H24N2O2. The summed E-state index contributed by atoms with van der Waals surface area (Å²) in [7, 11) is 0. The Labute approximate surface area is 137 Å². The van der Waals surface area contributed by atoms with Gasteiger partial charge in [0.1, 0.15) is 0 Å². The summed E-state index contributed by atoms with van der Waals surface area (Å²) in [5, 5.41) is 14.9. The van der Waals surface area contributed by atoms with E-state index < -0.39 is 0 Å². The summed E-state index contributed by atoms with van der Waals surface area (Å²) in [6.45, 7) is 2.65. The number of carbonyl (C=O) groups is 1. The lowest BCUT2D eigenvalue weighted by atomic mass is 10.0. The normalized spacial score (nSPS) is 11.7. The zero-order chi connectivity index (χ0) is 16.5. The molecule has 0 aromatic heterocycles. The van der Waals surface area contributed by atoms with E-state index in [9.17, 15) is 4.79 Å². The molecule has 2 aromatic rings. The molecule has 3 N–H and O–H groups in total. The molecule has 0 aliphatic carbocycles. The monoisotopic (exact) mass is 312 g/mol. The third-order valence-electron chi connectivity index (χ3n) is 3.73. The number of urea groups is 1. The zero-order valence-electron chi connectivity index (χ0n) is 13.5. The van der Waals surface area contributed by atoms with E-state index in [1.54, 1.807) is 0 Å². The average Bonchev–Trinajstić information content (AvgIpc) is 2.59. The van der Waals surface area contributed by atoms with Crippen molar-refractivity contribution >= 4 is 6.03 Å². The summed E-state index contributed by atoms with van der Waals surface area (Å²) in [5.41, 5.74) is 3.31. The third-order valence-corrected chi connectivity index (χ3v) is 3.73. The molecular weight excluding hydrogens is 288 g/mol. The number of aliphatic hydroxyl groups is 1. The number of aliphatic hydroxyl groups excluding tert-OH is 1. The molecule has 0 radical (unpaired) electrons. The fraction of sp³-hybridized carbons (Fsp3) is 0.316. The highest BCUT2D eigenvalue weighted by Gasteiger charge is 2.13. The predicted octanol–water partition coefficient (Wildman–Crippen LogP) is 3.31. The molecule has 0 heterocycles. The topological polar surface area (TPSA) is 61.4 Å². The van der Waals surface area contributed by atoms with E-state index in [4.69, 9.17) is 5.11 Å². The van der Waals surface area contributed by atoms with E-state index in [1.165, 1.54) is 5.56 Å². The Morgan fingerprint density at radius 3 is 2.43 bits per heavy atom. The van der Waals surface area contributed by atoms with Crippen LogP contribution in [0.2, 0.25) is 0 Å². The van der Waals surface area contributed by atoms with Crippen LogP contribution in [-0.2, 0) is 6.54 Å². The highest BCUT2D eigenvalue weighted by Crippen LogP contribution is 2.17. The maximum Gasteiger partial charge on any atom is 0.315 e. The molecule has 2 amide bonds. The third kappa shape index (κ3) is 5.75. The van der Waals surface area contributed by atoms with Gasteiger partial charge >= 0.3 is 6.03 Å². The minimum absolute atomic E-state index is 0.0960. The second-order valence-electron chi connectivity index (χ2n) is 5.64. The maximum absolute atomic E-state index is 12.1. The van der Waals surface area contributed by atoms with E-state index >= 15 is 0 Å². The highest BCUT2D eigenvalue weighted by molar-refractivity contribution is 5.74. The number of benzene rings is 2. The first-order valence-electron chi connectivity index (χ1n) is 7.95. The molecule has 0 saturated carbocycles. The van der Waals surface area contributed by atoms with Crippen LogP contribution in [0.3, 0.4) is 0 Å². The Hall–Kier alpha value is -2.33. The lowest BCUT2D eigenvalue weighted by Gasteiger charge is -2.19. The molecule has 23 heavy (non-hydrogen) atoms. The largest absolute Gasteiger partial charge is 0.396 e. The molecule has 4 heteroatoms. The summed E-state index contributed by atoms with van der Waals surface area (Å²) in [5.74, 6) is 0. The molecule has 1 unspecified atom stereocenters. The van der Waals surface area contributed by atoms with Gasteiger partial charge in [-0.1, -0.05) is 60.2 Å². The van der Waals surface area contributed by atoms with Gasteiger partial charge < -0.3 is 15.7 Å². The van der Waals surface area contributed by atoms with Crippen molar-refractivity contribution in [2.24, 2.45) is 0 Å². The minimum atomic E-state index is -0.197. The molecule has 0 aliphatic heterocycles. The van der Waals surface area contributed by atoms with Crippen molar-refractivity contribution < 1.29 is 9.90 Å². The van der Waals surface area contributed by atoms with Gasteiger partial charge in [-0.3, -0.25) is 0 Å². The van der Waals surface area contributed by atoms with Gasteiger partial charge in [0.15, 0.2) is 0 Å². The van der Waals surface area contributed by atoms with Gasteiger partial charge in [-0.2, -0.15) is 0 Å². The number of aryl methyl sites for hydroxylation is 1. The van der Waals surface area contributed by atoms with Crippen LogP contribution in [0.15, 0.2) is 54.6 Å². The number of nitrogens with one attached hydrogen (secondary N) is 2. The van der Waals surface area contributed by atoms with Crippen LogP contribution in [0.5, 0.6) is 0 Å². The number of hydrogen-bond donors (Lipinski definition) is 3. The van der Waals surface area contributed by atoms with Gasteiger partial charge in [0.05, 0.1) is 6.04 Å². The first kappa shape index (κ1) is 17.0. The number of hydrogen-bond acceptors (Lipinski definition) is 2. The van der Waals surface area contributed by atoms with Gasteiger partial charge in [-0.25, -0.2) is 4.79 Å². The van der Waals surface area contributed by atoms with Crippen molar-refractivity contribution in [3.63, 3.8) is 0 Å². The summed E-state index contributed by atoms with van der Waals surface area (Å²) in [6.07, 6.45) is 1.36. The van der Waals surface area contributed by atoms with Gasteiger partial charge in [-0.15, -0.1) is 0 Å². The molecule has 1 atom stereocenters. The molecule has 4 nitrogen and oxygen atoms in total. The molecule has 0 saturated heterocycles. The Balaban J connectivity index is 1.90. The van der Waals surface area contributed by atoms with Gasteiger partial charge in [0.25, 0.3) is 0 Å². The van der Waals surface area contributed by atoms with Gasteiger partial charge in [0.2, 0.25) is 0 Å². The smallest absolute Gasteiger partial charge is 0.315 e. The Kier molecular flexibility index (Phi) is 6.63. The highest BCUT2D eigenvalue weighted by atomic mass is 16.3. The zero-order valence-corrected chi connectivity index (χ0v) is 13.5. The standard InChI is InChI=1S/C19H24N2O2/c1-15-9-11-16(12-10-15)14-20-19(23)21-18(8-5-13-22)17-6-3-2-4-7-17/h2-4,6-7,9-12,18,22H,5,8,13-14H2,1H3,(H2,20,21,23). The second-order valence-corrected chi connectivity index (χ2v) is 5.64. The van der Waals surface area contributed by atoms with Crippen LogP contribution < -0.4 is 10.6 Å². The van der Waals surface area contributed by atoms with Crippen LogP contribution in [-0.4, -0.2) is 17.7 Å². The molecule has 0 spiro atoms. The first-order chi connectivity index (χ1) is 11.2. The number of amides is 2. The van der Waals surface area contributed by atoms with E-state index in [2.05, 4.69) is 10.6 Å². The fourth-order valence-corrected chi connectivity index (χ4v) is 2.40. The molecule has 122 valence electrons. The van der Waals surface area contributed by atoms with Crippen molar-refractivity contribution in [2.45, 2.75) is 32.4 Å². The van der Waals surface area contributed by atoms with E-state index in [0.717, 1.165) is 11.1 Å². The summed E-state index contributed by atoms with van der Waals surface area (Å²) >= 11 is 0. The maximum atomic E-state index is 12.1. The van der Waals surface area contributed by atoms with Gasteiger partial charge in [-0.05, 0) is 30.9 Å². The molecule has 0 aliphatic rings. The summed E-state index contributed by atoms with van der Waals surface area (Å²) in [6, 6.07) is 17.6. The van der Waals surface area contributed by atoms with Crippen molar-refractivity contribution in [1.82, 2.24) is 10.6 Å². The fourth-order valence-electron chi connectivity index (χ4n) is 2.40. The molecule has 0 fully saturated rings. The molecule has 2 aromatic carbocycles. The van der Waals surface area contributed by atoms with Crippen LogP contribution in [0.25, 0.3) is 0 Å². The second kappa shape index (κ2) is 8.96. The van der Waals surface area contributed by atoms with E-state index in [0.29, 0.717) is 19.4 Å². The number of rotatable bonds is 7. The van der Waals surface area contributed by atoms with Crippen LogP contribution in [0, 0.1) is 6.92 Å². The Bertz CT molecular complexity index is 597. The van der Waals surface area contributed by atoms with Crippen molar-refractivity contribution in [3.05, 3.63) is 71.3 Å². The van der Waals surface area contributed by atoms with Gasteiger partial charge in [0, 0.05) is 13.2 Å². The van der Waals surface area contributed by atoms with Crippen LogP contribution in [0.4, 0.5) is 4.79 Å².